The first kappa shape index (κ1) is 14.0. The maximum atomic E-state index is 5.99. The predicted molar refractivity (Wildman–Crippen MR) is 76.3 cm³/mol. The van der Waals surface area contributed by atoms with Crippen LogP contribution < -0.4 is 11.1 Å². The number of hydrogen-bond donors (Lipinski definition) is 2. The van der Waals surface area contributed by atoms with Crippen molar-refractivity contribution >= 4 is 34.6 Å². The van der Waals surface area contributed by atoms with E-state index >= 15 is 0 Å². The van der Waals surface area contributed by atoms with Crippen LogP contribution in [0.4, 0.5) is 11.6 Å². The quantitative estimate of drug-likeness (QED) is 0.882. The molecule has 0 aliphatic carbocycles. The summed E-state index contributed by atoms with van der Waals surface area (Å²) >= 11 is 7.55. The first-order chi connectivity index (χ1) is 9.11. The number of nitrogen functional groups attached to an aromatic ring is 1. The van der Waals surface area contributed by atoms with Gasteiger partial charge in [-0.25, -0.2) is 15.0 Å². The molecule has 6 nitrogen and oxygen atoms in total. The molecule has 0 fully saturated rings. The van der Waals surface area contributed by atoms with Crippen LogP contribution in [0.1, 0.15) is 23.7 Å². The summed E-state index contributed by atoms with van der Waals surface area (Å²) in [6, 6.07) is 0. The molecular weight excluding hydrogens is 286 g/mol. The fourth-order valence-corrected chi connectivity index (χ4v) is 2.39. The summed E-state index contributed by atoms with van der Waals surface area (Å²) in [5, 5.41) is 6.31. The molecule has 0 saturated carbocycles. The minimum atomic E-state index is -0.00275. The zero-order valence-corrected chi connectivity index (χ0v) is 12.1. The lowest BCUT2D eigenvalue weighted by atomic mass is 10.4. The predicted octanol–water partition coefficient (Wildman–Crippen LogP) is 2.49. The zero-order valence-electron chi connectivity index (χ0n) is 10.6. The summed E-state index contributed by atoms with van der Waals surface area (Å²) in [6.07, 6.45) is 1.36. The Hall–Kier alpha value is -1.44. The number of nitrogens with zero attached hydrogens (tertiary/aromatic N) is 3. The highest BCUT2D eigenvalue weighted by Gasteiger charge is 2.10. The number of aromatic nitrogens is 3. The third-order valence-corrected chi connectivity index (χ3v) is 3.95. The van der Waals surface area contributed by atoms with Crippen molar-refractivity contribution in [3.05, 3.63) is 27.4 Å². The monoisotopic (exact) mass is 299 g/mol. The van der Waals surface area contributed by atoms with Crippen LogP contribution in [0.25, 0.3) is 0 Å². The second-order valence-corrected chi connectivity index (χ2v) is 5.10. The number of thiazole rings is 1. The Kier molecular flexibility index (Phi) is 4.52. The Morgan fingerprint density at radius 1 is 1.53 bits per heavy atom. The topological polar surface area (TPSA) is 86.0 Å². The molecule has 0 aliphatic heterocycles. The SMILES string of the molecule is CO[C@H](C)c1nc(CNc2ncnc(N)c2Cl)cs1. The fraction of sp³-hybridized carbons (Fsp3) is 0.364. The number of nitrogens with two attached hydrogens (primary N) is 1. The number of nitrogens with one attached hydrogen (secondary N) is 1. The number of hydrogen-bond acceptors (Lipinski definition) is 7. The van der Waals surface area contributed by atoms with Gasteiger partial charge in [0.05, 0.1) is 12.2 Å². The van der Waals surface area contributed by atoms with Crippen molar-refractivity contribution in [2.24, 2.45) is 0 Å². The van der Waals surface area contributed by atoms with E-state index in [1.165, 1.54) is 6.33 Å². The third-order valence-electron chi connectivity index (χ3n) is 2.52. The van der Waals surface area contributed by atoms with Crippen molar-refractivity contribution in [3.8, 4) is 0 Å². The van der Waals surface area contributed by atoms with E-state index in [4.69, 9.17) is 22.1 Å². The molecule has 0 aliphatic rings. The molecular formula is C11H14ClN5OS. The molecule has 3 N–H and O–H groups in total. The molecule has 0 bridgehead atoms. The fourth-order valence-electron chi connectivity index (χ4n) is 1.37. The molecule has 2 rings (SSSR count). The van der Waals surface area contributed by atoms with E-state index in [1.807, 2.05) is 12.3 Å². The van der Waals surface area contributed by atoms with Crippen molar-refractivity contribution in [2.45, 2.75) is 19.6 Å². The molecule has 0 spiro atoms. The van der Waals surface area contributed by atoms with Crippen LogP contribution in [-0.4, -0.2) is 22.1 Å². The average Bonchev–Trinajstić information content (AvgIpc) is 2.88. The molecule has 1 atom stereocenters. The Morgan fingerprint density at radius 2 is 2.32 bits per heavy atom. The molecule has 0 radical (unpaired) electrons. The van der Waals surface area contributed by atoms with Crippen molar-refractivity contribution in [3.63, 3.8) is 0 Å². The summed E-state index contributed by atoms with van der Waals surface area (Å²) in [5.41, 5.74) is 6.50. The second kappa shape index (κ2) is 6.14. The standard InChI is InChI=1S/C11H14ClN5OS/c1-6(18-2)11-17-7(4-19-11)3-14-10-8(12)9(13)15-5-16-10/h4-6H,3H2,1-2H3,(H3,13,14,15,16)/t6-/m1/s1. The van der Waals surface area contributed by atoms with E-state index in [-0.39, 0.29) is 11.9 Å². The summed E-state index contributed by atoms with van der Waals surface area (Å²) in [6.45, 7) is 2.47. The van der Waals surface area contributed by atoms with Crippen LogP contribution in [0.2, 0.25) is 5.02 Å². The molecule has 19 heavy (non-hydrogen) atoms. The van der Waals surface area contributed by atoms with Crippen LogP contribution >= 0.6 is 22.9 Å². The van der Waals surface area contributed by atoms with Crippen molar-refractivity contribution in [1.82, 2.24) is 15.0 Å². The molecule has 0 saturated heterocycles. The lowest BCUT2D eigenvalue weighted by molar-refractivity contribution is 0.119. The van der Waals surface area contributed by atoms with Gasteiger partial charge in [-0.3, -0.25) is 0 Å². The van der Waals surface area contributed by atoms with Gasteiger partial charge in [0.2, 0.25) is 0 Å². The molecule has 2 heterocycles. The Bertz CT molecular complexity index is 562. The molecule has 2 aromatic rings. The first-order valence-electron chi connectivity index (χ1n) is 5.58. The highest BCUT2D eigenvalue weighted by molar-refractivity contribution is 7.09. The molecule has 0 aromatic carbocycles. The largest absolute Gasteiger partial charge is 0.382 e. The number of halogens is 1. The third kappa shape index (κ3) is 3.31. The smallest absolute Gasteiger partial charge is 0.150 e. The summed E-state index contributed by atoms with van der Waals surface area (Å²) in [7, 11) is 1.66. The minimum absolute atomic E-state index is 0.00275. The number of anilines is 2. The van der Waals surface area contributed by atoms with Gasteiger partial charge in [-0.05, 0) is 6.92 Å². The van der Waals surface area contributed by atoms with Crippen LogP contribution in [0.3, 0.4) is 0 Å². The van der Waals surface area contributed by atoms with E-state index in [0.717, 1.165) is 10.7 Å². The number of methoxy groups -OCH3 is 1. The van der Waals surface area contributed by atoms with Gasteiger partial charge >= 0.3 is 0 Å². The molecule has 2 aromatic heterocycles. The van der Waals surface area contributed by atoms with E-state index in [2.05, 4.69) is 20.3 Å². The van der Waals surface area contributed by atoms with E-state index in [0.29, 0.717) is 17.4 Å². The van der Waals surface area contributed by atoms with Crippen LogP contribution in [0.5, 0.6) is 0 Å². The van der Waals surface area contributed by atoms with Gasteiger partial charge in [0, 0.05) is 12.5 Å². The van der Waals surface area contributed by atoms with Gasteiger partial charge in [-0.1, -0.05) is 11.6 Å². The van der Waals surface area contributed by atoms with E-state index in [1.54, 1.807) is 18.4 Å². The molecule has 0 amide bonds. The van der Waals surface area contributed by atoms with Gasteiger partial charge in [0.25, 0.3) is 0 Å². The van der Waals surface area contributed by atoms with E-state index in [9.17, 15) is 0 Å². The Balaban J connectivity index is 2.02. The number of ether oxygens (including phenoxy) is 1. The maximum absolute atomic E-state index is 5.99. The second-order valence-electron chi connectivity index (χ2n) is 3.83. The summed E-state index contributed by atoms with van der Waals surface area (Å²) in [5.74, 6) is 0.759. The maximum Gasteiger partial charge on any atom is 0.150 e. The Morgan fingerprint density at radius 3 is 3.05 bits per heavy atom. The van der Waals surface area contributed by atoms with Crippen molar-refractivity contribution in [1.29, 1.82) is 0 Å². The van der Waals surface area contributed by atoms with Crippen LogP contribution in [-0.2, 0) is 11.3 Å². The average molecular weight is 300 g/mol. The first-order valence-corrected chi connectivity index (χ1v) is 6.84. The van der Waals surface area contributed by atoms with Gasteiger partial charge in [0.1, 0.15) is 28.3 Å². The molecule has 0 unspecified atom stereocenters. The van der Waals surface area contributed by atoms with Gasteiger partial charge in [-0.2, -0.15) is 0 Å². The highest BCUT2D eigenvalue weighted by atomic mass is 35.5. The zero-order chi connectivity index (χ0) is 13.8. The lowest BCUT2D eigenvalue weighted by Gasteiger charge is -2.06. The highest BCUT2D eigenvalue weighted by Crippen LogP contribution is 2.24. The van der Waals surface area contributed by atoms with Crippen molar-refractivity contribution < 1.29 is 4.74 Å². The molecule has 102 valence electrons. The van der Waals surface area contributed by atoms with Gasteiger partial charge in [-0.15, -0.1) is 11.3 Å². The van der Waals surface area contributed by atoms with E-state index < -0.39 is 0 Å². The normalized spacial score (nSPS) is 12.4. The minimum Gasteiger partial charge on any atom is -0.382 e. The summed E-state index contributed by atoms with van der Waals surface area (Å²) in [4.78, 5) is 12.3. The Labute approximate surface area is 120 Å². The number of rotatable bonds is 5. The van der Waals surface area contributed by atoms with Crippen LogP contribution in [0.15, 0.2) is 11.7 Å². The van der Waals surface area contributed by atoms with Gasteiger partial charge in [0.15, 0.2) is 5.82 Å². The van der Waals surface area contributed by atoms with Gasteiger partial charge < -0.3 is 15.8 Å². The summed E-state index contributed by atoms with van der Waals surface area (Å²) < 4.78 is 5.22. The van der Waals surface area contributed by atoms with Crippen LogP contribution in [0, 0.1) is 0 Å². The lowest BCUT2D eigenvalue weighted by Crippen LogP contribution is -2.05. The van der Waals surface area contributed by atoms with Crippen molar-refractivity contribution in [2.75, 3.05) is 18.2 Å². The molecule has 8 heteroatoms.